The van der Waals surface area contributed by atoms with E-state index in [0.717, 1.165) is 5.56 Å². The Hall–Kier alpha value is -4.43. The first-order valence-corrected chi connectivity index (χ1v) is 14.0. The average Bonchev–Trinajstić information content (AvgIpc) is 3.41. The number of aromatic nitrogens is 2. The first kappa shape index (κ1) is 31.5. The van der Waals surface area contributed by atoms with Crippen LogP contribution in [-0.2, 0) is 28.0 Å². The second-order valence-corrected chi connectivity index (χ2v) is 11.3. The number of benzene rings is 1. The van der Waals surface area contributed by atoms with E-state index in [1.165, 1.54) is 14.9 Å². The van der Waals surface area contributed by atoms with Crippen LogP contribution < -0.4 is 15.8 Å². The van der Waals surface area contributed by atoms with Gasteiger partial charge in [0.1, 0.15) is 35.5 Å². The molecule has 43 heavy (non-hydrogen) atoms. The third-order valence-corrected chi connectivity index (χ3v) is 6.74. The molecule has 3 heterocycles. The van der Waals surface area contributed by atoms with Crippen LogP contribution in [0.1, 0.15) is 55.4 Å². The van der Waals surface area contributed by atoms with Crippen LogP contribution in [0.4, 0.5) is 9.59 Å². The van der Waals surface area contributed by atoms with Gasteiger partial charge in [-0.3, -0.25) is 14.3 Å². The number of rotatable bonds is 10. The number of urea groups is 1. The summed E-state index contributed by atoms with van der Waals surface area (Å²) in [6.07, 6.45) is 0.841. The Bertz CT molecular complexity index is 1390. The van der Waals surface area contributed by atoms with Crippen LogP contribution in [0.5, 0.6) is 5.75 Å². The zero-order valence-electron chi connectivity index (χ0n) is 25.5. The van der Waals surface area contributed by atoms with E-state index in [0.29, 0.717) is 41.6 Å². The molecular formula is C29H40N8O6. The van der Waals surface area contributed by atoms with Crippen molar-refractivity contribution in [3.63, 3.8) is 0 Å². The number of aliphatic imine (C=N–C) groups is 1. The topological polar surface area (TPSA) is 157 Å². The van der Waals surface area contributed by atoms with Gasteiger partial charge in [0, 0.05) is 45.4 Å². The summed E-state index contributed by atoms with van der Waals surface area (Å²) in [4.78, 5) is 51.7. The van der Waals surface area contributed by atoms with Gasteiger partial charge >= 0.3 is 12.1 Å². The minimum atomic E-state index is -0.847. The van der Waals surface area contributed by atoms with Crippen molar-refractivity contribution < 1.29 is 28.7 Å². The second-order valence-electron chi connectivity index (χ2n) is 11.3. The second kappa shape index (κ2) is 12.8. The normalized spacial score (nSPS) is 17.9. The minimum Gasteiger partial charge on any atom is -0.487 e. The van der Waals surface area contributed by atoms with Crippen molar-refractivity contribution >= 4 is 23.9 Å². The number of fused-ring (bicyclic) bond motifs is 4. The van der Waals surface area contributed by atoms with Crippen molar-refractivity contribution in [1.29, 1.82) is 0 Å². The fourth-order valence-corrected chi connectivity index (χ4v) is 4.98. The highest BCUT2D eigenvalue weighted by atomic mass is 16.7. The number of nitrogens with zero attached hydrogens (tertiary/aromatic N) is 6. The minimum absolute atomic E-state index is 0.0790. The molecule has 0 unspecified atom stereocenters. The van der Waals surface area contributed by atoms with Crippen molar-refractivity contribution in [3.8, 4) is 5.75 Å². The molecule has 0 aliphatic carbocycles. The van der Waals surface area contributed by atoms with Crippen molar-refractivity contribution in [2.75, 3.05) is 40.3 Å². The molecule has 2 aliphatic rings. The summed E-state index contributed by atoms with van der Waals surface area (Å²) in [5.41, 5.74) is 7.54. The van der Waals surface area contributed by atoms with E-state index >= 15 is 0 Å². The number of carbonyl (C=O) groups is 3. The van der Waals surface area contributed by atoms with Crippen LogP contribution in [-0.4, -0.2) is 94.4 Å². The highest BCUT2D eigenvalue weighted by Crippen LogP contribution is 2.45. The average molecular weight is 597 g/mol. The number of hydrogen-bond donors (Lipinski definition) is 2. The van der Waals surface area contributed by atoms with Crippen LogP contribution in [0.25, 0.3) is 0 Å². The Morgan fingerprint density at radius 1 is 1.26 bits per heavy atom. The largest absolute Gasteiger partial charge is 0.487 e. The summed E-state index contributed by atoms with van der Waals surface area (Å²) in [6, 6.07) is 5.32. The zero-order chi connectivity index (χ0) is 31.5. The number of carbonyl (C=O) groups excluding carboxylic acids is 3. The van der Waals surface area contributed by atoms with Crippen molar-refractivity contribution in [2.45, 2.75) is 45.1 Å². The van der Waals surface area contributed by atoms with Gasteiger partial charge in [0.25, 0.3) is 5.91 Å². The van der Waals surface area contributed by atoms with Crippen LogP contribution in [0.15, 0.2) is 41.9 Å². The fraction of sp³-hybridized carbons (Fsp3) is 0.483. The van der Waals surface area contributed by atoms with E-state index in [4.69, 9.17) is 20.0 Å². The molecule has 1 fully saturated rings. The van der Waals surface area contributed by atoms with Crippen LogP contribution >= 0.6 is 0 Å². The molecular weight excluding hydrogens is 556 g/mol. The summed E-state index contributed by atoms with van der Waals surface area (Å²) in [5, 5.41) is 9.04. The maximum Gasteiger partial charge on any atom is 0.436 e. The van der Waals surface area contributed by atoms with E-state index in [-0.39, 0.29) is 25.7 Å². The quantitative estimate of drug-likeness (QED) is 0.239. The van der Waals surface area contributed by atoms with Gasteiger partial charge in [0.2, 0.25) is 0 Å². The Kier molecular flexibility index (Phi) is 9.40. The first-order valence-electron chi connectivity index (χ1n) is 14.0. The maximum atomic E-state index is 13.3. The summed E-state index contributed by atoms with van der Waals surface area (Å²) >= 11 is 0. The molecule has 4 amide bonds. The van der Waals surface area contributed by atoms with Crippen molar-refractivity contribution in [3.05, 3.63) is 59.4 Å². The van der Waals surface area contributed by atoms with Gasteiger partial charge in [-0.15, -0.1) is 6.58 Å². The van der Waals surface area contributed by atoms with Gasteiger partial charge < -0.3 is 30.3 Å². The SMILES string of the molecule is C=CCON1C(=O)N2C[C@@H]1c1c(COc3ccc(/C(=N\C(=O)OC(C)(C)C)NCCN)cc3)nn(C)c1[C@H]2C(=O)N(C)C. The molecule has 14 heteroatoms. The molecule has 4 rings (SSSR count). The van der Waals surface area contributed by atoms with Crippen LogP contribution in [0.2, 0.25) is 0 Å². The lowest BCUT2D eigenvalue weighted by atomic mass is 9.94. The standard InChI is InChI=1S/C29H40N8O6/c1-8-15-42-37-21-16-36(28(37)40)24(26(38)34(5)6)23-22(21)20(33-35(23)7)17-41-19-11-9-18(10-12-19)25(31-14-13-30)32-27(39)43-29(2,3)4/h8-12,21,24H,1,13-17,30H2,2-7H3,(H,31,32,39)/t21-,24+/m1/s1. The van der Waals surface area contributed by atoms with Gasteiger partial charge in [-0.2, -0.15) is 15.2 Å². The highest BCUT2D eigenvalue weighted by molar-refractivity contribution is 6.04. The van der Waals surface area contributed by atoms with Gasteiger partial charge in [-0.05, 0) is 45.0 Å². The number of nitrogens with two attached hydrogens (primary N) is 1. The number of nitrogens with one attached hydrogen (secondary N) is 1. The molecule has 2 aromatic rings. The molecule has 232 valence electrons. The Morgan fingerprint density at radius 2 is 1.95 bits per heavy atom. The number of hydroxylamine groups is 2. The van der Waals surface area contributed by atoms with E-state index in [1.54, 1.807) is 76.9 Å². The highest BCUT2D eigenvalue weighted by Gasteiger charge is 2.54. The molecule has 1 aromatic heterocycles. The van der Waals surface area contributed by atoms with Gasteiger partial charge in [-0.1, -0.05) is 6.08 Å². The fourth-order valence-electron chi connectivity index (χ4n) is 4.98. The zero-order valence-corrected chi connectivity index (χ0v) is 25.5. The molecule has 2 aliphatic heterocycles. The van der Waals surface area contributed by atoms with Gasteiger partial charge in [0.05, 0.1) is 18.8 Å². The lowest BCUT2D eigenvalue weighted by Gasteiger charge is -2.32. The molecule has 2 atom stereocenters. The lowest BCUT2D eigenvalue weighted by Crippen LogP contribution is -2.44. The van der Waals surface area contributed by atoms with Crippen molar-refractivity contribution in [2.24, 2.45) is 17.8 Å². The van der Waals surface area contributed by atoms with Crippen LogP contribution in [0, 0.1) is 0 Å². The third kappa shape index (κ3) is 6.81. The summed E-state index contributed by atoms with van der Waals surface area (Å²) in [7, 11) is 5.05. The molecule has 2 bridgehead atoms. The van der Waals surface area contributed by atoms with Crippen molar-refractivity contribution in [1.82, 2.24) is 30.0 Å². The maximum absolute atomic E-state index is 13.3. The number of likely N-dealkylation sites (N-methyl/N-ethyl adjacent to an activating group) is 1. The molecule has 0 spiro atoms. The number of ether oxygens (including phenoxy) is 2. The third-order valence-electron chi connectivity index (χ3n) is 6.74. The molecule has 14 nitrogen and oxygen atoms in total. The molecule has 3 N–H and O–H groups in total. The van der Waals surface area contributed by atoms with E-state index in [9.17, 15) is 14.4 Å². The van der Waals surface area contributed by atoms with E-state index in [1.807, 2.05) is 0 Å². The summed E-state index contributed by atoms with van der Waals surface area (Å²) in [6.45, 7) is 10.2. The lowest BCUT2D eigenvalue weighted by molar-refractivity contribution is -0.134. The predicted molar refractivity (Wildman–Crippen MR) is 158 cm³/mol. The molecule has 0 radical (unpaired) electrons. The first-order chi connectivity index (χ1) is 20.4. The summed E-state index contributed by atoms with van der Waals surface area (Å²) < 4.78 is 13.1. The molecule has 1 aromatic carbocycles. The molecule has 1 saturated heterocycles. The number of aryl methyl sites for hydroxylation is 1. The molecule has 0 saturated carbocycles. The van der Waals surface area contributed by atoms with E-state index < -0.39 is 29.8 Å². The van der Waals surface area contributed by atoms with E-state index in [2.05, 4.69) is 22.0 Å². The number of amides is 4. The smallest absolute Gasteiger partial charge is 0.436 e. The summed E-state index contributed by atoms with van der Waals surface area (Å²) in [5.74, 6) is 0.632. The van der Waals surface area contributed by atoms with Crippen LogP contribution in [0.3, 0.4) is 0 Å². The predicted octanol–water partition coefficient (Wildman–Crippen LogP) is 2.27. The Morgan fingerprint density at radius 3 is 2.56 bits per heavy atom. The Labute approximate surface area is 251 Å². The van der Waals surface area contributed by atoms with Gasteiger partial charge in [0.15, 0.2) is 6.04 Å². The van der Waals surface area contributed by atoms with Gasteiger partial charge in [-0.25, -0.2) is 9.59 Å². The Balaban J connectivity index is 1.59. The monoisotopic (exact) mass is 596 g/mol. The number of hydrogen-bond acceptors (Lipinski definition) is 8. The number of amidine groups is 1.